The summed E-state index contributed by atoms with van der Waals surface area (Å²) in [5.74, 6) is 0.703. The summed E-state index contributed by atoms with van der Waals surface area (Å²) in [6.07, 6.45) is 0. The summed E-state index contributed by atoms with van der Waals surface area (Å²) in [4.78, 5) is 19.9. The second-order valence-corrected chi connectivity index (χ2v) is 4.26. The first-order valence-corrected chi connectivity index (χ1v) is 6.84. The minimum atomic E-state index is -0.250. The normalized spacial score (nSPS) is 9.14. The number of amides is 1. The third-order valence-electron chi connectivity index (χ3n) is 2.70. The van der Waals surface area contributed by atoms with Crippen LogP contribution >= 0.6 is 0 Å². The Kier molecular flexibility index (Phi) is 7.82. The minimum absolute atomic E-state index is 0.0582. The maximum atomic E-state index is 11.6. The average Bonchev–Trinajstić information content (AvgIpc) is 2.55. The Balaban J connectivity index is 0.000000745. The molecule has 1 amide bonds. The zero-order valence-electron chi connectivity index (χ0n) is 12.4. The first-order valence-electron chi connectivity index (χ1n) is 6.84. The van der Waals surface area contributed by atoms with Crippen LogP contribution < -0.4 is 10.1 Å². The lowest BCUT2D eigenvalue weighted by Gasteiger charge is -2.07. The first-order chi connectivity index (χ1) is 10.7. The molecule has 0 aliphatic carbocycles. The SMILES string of the molecule is CCNC(=O)c1ccc(OCc2ccccc2)cc1.O=CO. The number of carbonyl (C=O) groups excluding carboxylic acids is 1. The molecule has 0 atom stereocenters. The van der Waals surface area contributed by atoms with Crippen LogP contribution in [0, 0.1) is 0 Å². The summed E-state index contributed by atoms with van der Waals surface area (Å²) in [5, 5.41) is 9.65. The fourth-order valence-electron chi connectivity index (χ4n) is 1.71. The minimum Gasteiger partial charge on any atom is -0.489 e. The van der Waals surface area contributed by atoms with Gasteiger partial charge in [0, 0.05) is 12.1 Å². The van der Waals surface area contributed by atoms with Crippen LogP contribution in [0.2, 0.25) is 0 Å². The number of nitrogens with one attached hydrogen (secondary N) is 1. The Labute approximate surface area is 129 Å². The molecule has 0 aromatic heterocycles. The molecule has 2 rings (SSSR count). The van der Waals surface area contributed by atoms with Crippen LogP contribution in [0.3, 0.4) is 0 Å². The van der Waals surface area contributed by atoms with Gasteiger partial charge in [-0.15, -0.1) is 0 Å². The van der Waals surface area contributed by atoms with E-state index >= 15 is 0 Å². The molecule has 0 spiro atoms. The summed E-state index contributed by atoms with van der Waals surface area (Å²) in [6.45, 7) is 2.81. The van der Waals surface area contributed by atoms with Gasteiger partial charge in [0.1, 0.15) is 12.4 Å². The third-order valence-corrected chi connectivity index (χ3v) is 2.70. The van der Waals surface area contributed by atoms with Crippen molar-refractivity contribution in [1.29, 1.82) is 0 Å². The molecule has 2 aromatic rings. The highest BCUT2D eigenvalue weighted by atomic mass is 16.5. The van der Waals surface area contributed by atoms with E-state index in [9.17, 15) is 4.79 Å². The molecule has 0 unspecified atom stereocenters. The van der Waals surface area contributed by atoms with E-state index in [2.05, 4.69) is 5.32 Å². The smallest absolute Gasteiger partial charge is 0.290 e. The highest BCUT2D eigenvalue weighted by Crippen LogP contribution is 2.14. The molecule has 0 aliphatic heterocycles. The predicted molar refractivity (Wildman–Crippen MR) is 83.9 cm³/mol. The molecule has 0 saturated carbocycles. The zero-order chi connectivity index (χ0) is 16.2. The Hall–Kier alpha value is -2.82. The summed E-state index contributed by atoms with van der Waals surface area (Å²) in [5.41, 5.74) is 1.77. The number of hydrogen-bond acceptors (Lipinski definition) is 3. The first kappa shape index (κ1) is 17.2. The number of hydrogen-bond donors (Lipinski definition) is 2. The Morgan fingerprint density at radius 2 is 1.73 bits per heavy atom. The van der Waals surface area contributed by atoms with Gasteiger partial charge in [-0.3, -0.25) is 9.59 Å². The van der Waals surface area contributed by atoms with E-state index in [1.165, 1.54) is 0 Å². The number of ether oxygens (including phenoxy) is 1. The maximum absolute atomic E-state index is 11.6. The molecule has 0 saturated heterocycles. The van der Waals surface area contributed by atoms with Crippen LogP contribution in [0.25, 0.3) is 0 Å². The van der Waals surface area contributed by atoms with E-state index in [0.29, 0.717) is 18.7 Å². The Bertz CT molecular complexity index is 567. The largest absolute Gasteiger partial charge is 0.489 e. The van der Waals surface area contributed by atoms with Crippen molar-refractivity contribution in [3.63, 3.8) is 0 Å². The Morgan fingerprint density at radius 3 is 2.27 bits per heavy atom. The molecule has 116 valence electrons. The van der Waals surface area contributed by atoms with E-state index in [4.69, 9.17) is 14.6 Å². The van der Waals surface area contributed by atoms with Crippen LogP contribution in [-0.2, 0) is 11.4 Å². The van der Waals surface area contributed by atoms with E-state index in [-0.39, 0.29) is 12.4 Å². The monoisotopic (exact) mass is 301 g/mol. The van der Waals surface area contributed by atoms with Crippen LogP contribution in [0.5, 0.6) is 5.75 Å². The van der Waals surface area contributed by atoms with E-state index in [1.807, 2.05) is 49.4 Å². The van der Waals surface area contributed by atoms with Crippen molar-refractivity contribution in [3.8, 4) is 5.75 Å². The molecule has 5 nitrogen and oxygen atoms in total. The molecule has 2 N–H and O–H groups in total. The van der Waals surface area contributed by atoms with Gasteiger partial charge >= 0.3 is 0 Å². The number of carbonyl (C=O) groups is 2. The van der Waals surface area contributed by atoms with E-state index < -0.39 is 0 Å². The summed E-state index contributed by atoms with van der Waals surface area (Å²) < 4.78 is 5.66. The zero-order valence-corrected chi connectivity index (χ0v) is 12.4. The van der Waals surface area contributed by atoms with Crippen LogP contribution in [0.15, 0.2) is 54.6 Å². The lowest BCUT2D eigenvalue weighted by Crippen LogP contribution is -2.22. The van der Waals surface area contributed by atoms with Gasteiger partial charge in [0.15, 0.2) is 0 Å². The van der Waals surface area contributed by atoms with Gasteiger partial charge in [0.05, 0.1) is 0 Å². The van der Waals surface area contributed by atoms with Gasteiger partial charge in [-0.1, -0.05) is 30.3 Å². The molecular weight excluding hydrogens is 282 g/mol. The molecule has 2 aromatic carbocycles. The lowest BCUT2D eigenvalue weighted by molar-refractivity contribution is -0.122. The van der Waals surface area contributed by atoms with Crippen LogP contribution in [-0.4, -0.2) is 24.0 Å². The van der Waals surface area contributed by atoms with Gasteiger partial charge in [0.25, 0.3) is 12.4 Å². The molecule has 0 heterocycles. The molecule has 0 radical (unpaired) electrons. The second kappa shape index (κ2) is 9.99. The van der Waals surface area contributed by atoms with Gasteiger partial charge in [-0.05, 0) is 36.8 Å². The molecule has 0 fully saturated rings. The Morgan fingerprint density at radius 1 is 1.14 bits per heavy atom. The van der Waals surface area contributed by atoms with Crippen LogP contribution in [0.4, 0.5) is 0 Å². The summed E-state index contributed by atoms with van der Waals surface area (Å²) in [7, 11) is 0. The standard InChI is InChI=1S/C16H17NO2.CH2O2/c1-2-17-16(18)14-8-10-15(11-9-14)19-12-13-6-4-3-5-7-13;2-1-3/h3-11H,2,12H2,1H3,(H,17,18);1H,(H,2,3). The second-order valence-electron chi connectivity index (χ2n) is 4.26. The summed E-state index contributed by atoms with van der Waals surface area (Å²) in [6, 6.07) is 17.1. The van der Waals surface area contributed by atoms with Crippen molar-refractivity contribution in [1.82, 2.24) is 5.32 Å². The number of benzene rings is 2. The molecular formula is C17H19NO4. The lowest BCUT2D eigenvalue weighted by atomic mass is 10.2. The third kappa shape index (κ3) is 6.09. The average molecular weight is 301 g/mol. The highest BCUT2D eigenvalue weighted by molar-refractivity contribution is 5.94. The number of carboxylic acid groups (broad SMARTS) is 1. The summed E-state index contributed by atoms with van der Waals surface area (Å²) >= 11 is 0. The molecule has 22 heavy (non-hydrogen) atoms. The van der Waals surface area contributed by atoms with Crippen molar-refractivity contribution in [3.05, 3.63) is 65.7 Å². The quantitative estimate of drug-likeness (QED) is 0.833. The molecule has 5 heteroatoms. The van der Waals surface area contributed by atoms with E-state index in [1.54, 1.807) is 12.1 Å². The van der Waals surface area contributed by atoms with E-state index in [0.717, 1.165) is 11.3 Å². The van der Waals surface area contributed by atoms with Crippen molar-refractivity contribution in [2.75, 3.05) is 6.54 Å². The van der Waals surface area contributed by atoms with Crippen molar-refractivity contribution in [2.45, 2.75) is 13.5 Å². The number of rotatable bonds is 5. The van der Waals surface area contributed by atoms with Crippen molar-refractivity contribution in [2.24, 2.45) is 0 Å². The van der Waals surface area contributed by atoms with Crippen LogP contribution in [0.1, 0.15) is 22.8 Å². The van der Waals surface area contributed by atoms with Gasteiger partial charge in [-0.25, -0.2) is 0 Å². The molecule has 0 bridgehead atoms. The van der Waals surface area contributed by atoms with Crippen molar-refractivity contribution < 1.29 is 19.4 Å². The van der Waals surface area contributed by atoms with Gasteiger partial charge < -0.3 is 15.2 Å². The topological polar surface area (TPSA) is 75.6 Å². The fourth-order valence-corrected chi connectivity index (χ4v) is 1.71. The van der Waals surface area contributed by atoms with Gasteiger partial charge in [-0.2, -0.15) is 0 Å². The molecule has 0 aliphatic rings. The maximum Gasteiger partial charge on any atom is 0.290 e. The van der Waals surface area contributed by atoms with Crippen molar-refractivity contribution >= 4 is 12.4 Å². The fraction of sp³-hybridized carbons (Fsp3) is 0.176. The van der Waals surface area contributed by atoms with Gasteiger partial charge in [0.2, 0.25) is 0 Å². The predicted octanol–water partition coefficient (Wildman–Crippen LogP) is 2.72. The highest BCUT2D eigenvalue weighted by Gasteiger charge is 2.03.